The molecule has 3 N–H and O–H groups in total. The highest BCUT2D eigenvalue weighted by atomic mass is 16.5. The molecule has 43 heavy (non-hydrogen) atoms. The molecular formula is C37H66O6. The molecule has 2 heterocycles. The molecule has 6 nitrogen and oxygen atoms in total. The topological polar surface area (TPSA) is 96.2 Å². The van der Waals surface area contributed by atoms with Gasteiger partial charge in [-0.15, -0.1) is 0 Å². The summed E-state index contributed by atoms with van der Waals surface area (Å²) in [6.07, 6.45) is 30.4. The molecular weight excluding hydrogens is 540 g/mol. The quantitative estimate of drug-likeness (QED) is 0.0492. The lowest BCUT2D eigenvalue weighted by Gasteiger charge is -2.20. The van der Waals surface area contributed by atoms with Gasteiger partial charge in [0.15, 0.2) is 0 Å². The highest BCUT2D eigenvalue weighted by molar-refractivity contribution is 5.90. The Bertz CT molecular complexity index is 764. The predicted octanol–water partition coefficient (Wildman–Crippen LogP) is 8.65. The van der Waals surface area contributed by atoms with Crippen LogP contribution in [-0.4, -0.2) is 57.9 Å². The summed E-state index contributed by atoms with van der Waals surface area (Å²) in [6, 6.07) is 0. The van der Waals surface area contributed by atoms with Crippen molar-refractivity contribution < 1.29 is 29.6 Å². The van der Waals surface area contributed by atoms with E-state index in [-0.39, 0.29) is 18.2 Å². The molecule has 2 aliphatic heterocycles. The zero-order chi connectivity index (χ0) is 31.1. The molecule has 0 aliphatic carbocycles. The highest BCUT2D eigenvalue weighted by Crippen LogP contribution is 2.28. The first kappa shape index (κ1) is 38.0. The van der Waals surface area contributed by atoms with Crippen molar-refractivity contribution in [2.24, 2.45) is 0 Å². The van der Waals surface area contributed by atoms with Crippen molar-refractivity contribution in [3.8, 4) is 0 Å². The molecule has 2 aliphatic rings. The number of rotatable bonds is 27. The van der Waals surface area contributed by atoms with Crippen molar-refractivity contribution in [1.82, 2.24) is 0 Å². The maximum absolute atomic E-state index is 11.6. The smallest absolute Gasteiger partial charge is 0.334 e. The Morgan fingerprint density at radius 2 is 1.40 bits per heavy atom. The first-order valence-electron chi connectivity index (χ1n) is 18.2. The van der Waals surface area contributed by atoms with E-state index in [0.29, 0.717) is 25.4 Å². The molecule has 250 valence electrons. The van der Waals surface area contributed by atoms with Crippen LogP contribution in [0.15, 0.2) is 23.8 Å². The Labute approximate surface area is 263 Å². The first-order valence-corrected chi connectivity index (χ1v) is 18.2. The van der Waals surface area contributed by atoms with Crippen LogP contribution in [0.5, 0.6) is 0 Å². The van der Waals surface area contributed by atoms with E-state index in [4.69, 9.17) is 9.47 Å². The maximum Gasteiger partial charge on any atom is 0.334 e. The molecule has 0 saturated carbocycles. The number of ether oxygens (including phenoxy) is 2. The number of carbonyl (C=O) groups is 1. The third kappa shape index (κ3) is 17.8. The van der Waals surface area contributed by atoms with Gasteiger partial charge in [0.1, 0.15) is 6.10 Å². The summed E-state index contributed by atoms with van der Waals surface area (Å²) in [5, 5.41) is 31.1. The van der Waals surface area contributed by atoms with Crippen molar-refractivity contribution in [2.75, 3.05) is 0 Å². The molecule has 6 atom stereocenters. The van der Waals surface area contributed by atoms with Crippen LogP contribution in [0.3, 0.4) is 0 Å². The molecule has 0 spiro atoms. The van der Waals surface area contributed by atoms with E-state index in [2.05, 4.69) is 19.1 Å². The van der Waals surface area contributed by atoms with Gasteiger partial charge in [-0.1, -0.05) is 103 Å². The number of hydrogen-bond donors (Lipinski definition) is 3. The number of carbonyl (C=O) groups excluding carboxylic acids is 1. The van der Waals surface area contributed by atoms with Crippen molar-refractivity contribution in [1.29, 1.82) is 0 Å². The number of cyclic esters (lactones) is 1. The normalized spacial score (nSPS) is 22.7. The van der Waals surface area contributed by atoms with Crippen LogP contribution in [-0.2, 0) is 14.3 Å². The average molecular weight is 607 g/mol. The van der Waals surface area contributed by atoms with Gasteiger partial charge in [-0.25, -0.2) is 4.79 Å². The zero-order valence-corrected chi connectivity index (χ0v) is 27.7. The summed E-state index contributed by atoms with van der Waals surface area (Å²) in [5.74, 6) is -0.117. The van der Waals surface area contributed by atoms with E-state index in [1.165, 1.54) is 77.0 Å². The van der Waals surface area contributed by atoms with Gasteiger partial charge in [0.05, 0.1) is 30.5 Å². The van der Waals surface area contributed by atoms with E-state index >= 15 is 0 Å². The van der Waals surface area contributed by atoms with Gasteiger partial charge >= 0.3 is 5.97 Å². The van der Waals surface area contributed by atoms with Gasteiger partial charge in [0, 0.05) is 5.57 Å². The molecule has 2 rings (SSSR count). The van der Waals surface area contributed by atoms with Crippen LogP contribution in [0, 0.1) is 0 Å². The van der Waals surface area contributed by atoms with E-state index < -0.39 is 18.3 Å². The first-order chi connectivity index (χ1) is 20.9. The van der Waals surface area contributed by atoms with E-state index in [1.54, 1.807) is 0 Å². The molecule has 0 radical (unpaired) electrons. The lowest BCUT2D eigenvalue weighted by atomic mass is 9.99. The molecule has 0 amide bonds. The fourth-order valence-electron chi connectivity index (χ4n) is 6.44. The third-order valence-corrected chi connectivity index (χ3v) is 9.25. The highest BCUT2D eigenvalue weighted by Gasteiger charge is 2.30. The lowest BCUT2D eigenvalue weighted by molar-refractivity contribution is -0.139. The summed E-state index contributed by atoms with van der Waals surface area (Å²) >= 11 is 0. The van der Waals surface area contributed by atoms with Crippen molar-refractivity contribution in [2.45, 2.75) is 205 Å². The lowest BCUT2D eigenvalue weighted by Crippen LogP contribution is -2.27. The van der Waals surface area contributed by atoms with Crippen LogP contribution in [0.2, 0.25) is 0 Å². The molecule has 0 aromatic carbocycles. The zero-order valence-electron chi connectivity index (χ0n) is 27.7. The number of allylic oxidation sites excluding steroid dienone is 2. The Morgan fingerprint density at radius 1 is 0.767 bits per heavy atom. The van der Waals surface area contributed by atoms with E-state index in [1.807, 2.05) is 13.0 Å². The Hall–Kier alpha value is -1.21. The van der Waals surface area contributed by atoms with Gasteiger partial charge in [-0.3, -0.25) is 0 Å². The Kier molecular flexibility index (Phi) is 21.3. The van der Waals surface area contributed by atoms with E-state index in [0.717, 1.165) is 63.4 Å². The summed E-state index contributed by atoms with van der Waals surface area (Å²) in [4.78, 5) is 11.6. The van der Waals surface area contributed by atoms with Gasteiger partial charge in [-0.2, -0.15) is 0 Å². The van der Waals surface area contributed by atoms with Gasteiger partial charge < -0.3 is 24.8 Å². The summed E-state index contributed by atoms with van der Waals surface area (Å²) < 4.78 is 11.3. The Morgan fingerprint density at radius 3 is 2.07 bits per heavy atom. The minimum absolute atomic E-state index is 0.0445. The molecule has 0 unspecified atom stereocenters. The van der Waals surface area contributed by atoms with Crippen molar-refractivity contribution in [3.05, 3.63) is 23.8 Å². The SMILES string of the molecule is CCCCC/C=C\CC[C@H](O)[C@@H](O)CCCC[C@@H](O)[C@H]1CC[C@H](CCCCCCCCCCCCC2=C[C@H](C)OC2=O)O1. The van der Waals surface area contributed by atoms with Crippen LogP contribution >= 0.6 is 0 Å². The number of aliphatic hydroxyl groups is 3. The standard InChI is InChI=1S/C37H66O6/c1-3-4-5-6-11-16-19-24-33(38)34(39)25-20-21-26-35(40)36-28-27-32(43-36)23-18-15-13-10-8-7-9-12-14-17-22-31-29-30(2)42-37(31)41/h11,16,29-30,32-36,38-40H,3-10,12-15,17-28H2,1-2H3/b16-11-/t30-,32-,33-,34-,35+,36+/m0/s1. The fourth-order valence-corrected chi connectivity index (χ4v) is 6.44. The van der Waals surface area contributed by atoms with Crippen LogP contribution in [0.25, 0.3) is 0 Å². The van der Waals surface area contributed by atoms with Crippen molar-refractivity contribution in [3.63, 3.8) is 0 Å². The number of hydrogen-bond acceptors (Lipinski definition) is 6. The Balaban J connectivity index is 1.36. The second kappa shape index (κ2) is 24.1. The molecule has 6 heteroatoms. The maximum atomic E-state index is 11.6. The van der Waals surface area contributed by atoms with Crippen LogP contribution in [0.4, 0.5) is 0 Å². The third-order valence-electron chi connectivity index (χ3n) is 9.25. The van der Waals surface area contributed by atoms with Gasteiger partial charge in [-0.05, 0) is 83.6 Å². The van der Waals surface area contributed by atoms with Crippen LogP contribution < -0.4 is 0 Å². The molecule has 0 aromatic heterocycles. The number of esters is 1. The minimum atomic E-state index is -0.679. The van der Waals surface area contributed by atoms with Gasteiger partial charge in [0.2, 0.25) is 0 Å². The number of aliphatic hydroxyl groups excluding tert-OH is 3. The van der Waals surface area contributed by atoms with Crippen LogP contribution in [0.1, 0.15) is 168 Å². The summed E-state index contributed by atoms with van der Waals surface area (Å²) in [7, 11) is 0. The minimum Gasteiger partial charge on any atom is -0.455 e. The number of unbranched alkanes of at least 4 members (excludes halogenated alkanes) is 13. The molecule has 0 bridgehead atoms. The molecule has 1 fully saturated rings. The van der Waals surface area contributed by atoms with E-state index in [9.17, 15) is 20.1 Å². The summed E-state index contributed by atoms with van der Waals surface area (Å²) in [5.41, 5.74) is 0.870. The van der Waals surface area contributed by atoms with Gasteiger partial charge in [0.25, 0.3) is 0 Å². The fraction of sp³-hybridized carbons (Fsp3) is 0.865. The second-order valence-corrected chi connectivity index (χ2v) is 13.3. The monoisotopic (exact) mass is 606 g/mol. The summed E-state index contributed by atoms with van der Waals surface area (Å²) in [6.45, 7) is 4.12. The second-order valence-electron chi connectivity index (χ2n) is 13.3. The van der Waals surface area contributed by atoms with Crippen molar-refractivity contribution >= 4 is 5.97 Å². The predicted molar refractivity (Wildman–Crippen MR) is 176 cm³/mol. The molecule has 0 aromatic rings. The largest absolute Gasteiger partial charge is 0.455 e. The molecule has 1 saturated heterocycles. The average Bonchev–Trinajstić information content (AvgIpc) is 3.60.